The zero-order valence-corrected chi connectivity index (χ0v) is 13.1. The molecule has 0 bridgehead atoms. The van der Waals surface area contributed by atoms with Crippen molar-refractivity contribution < 1.29 is 34.8 Å². The van der Waals surface area contributed by atoms with Gasteiger partial charge in [0.05, 0.1) is 17.5 Å². The standard InChI is InChI=1S/C17H15NO7/c1-8-2-10(17(24)25)4-11(3-8)18-16(23)12-7-13(19)9(5-14(12)20)6-15(21)22/h2-5,7,19-20H,6H2,1H3,(H,18,23)(H,21,22)(H,24,25). The normalized spacial score (nSPS) is 10.3. The molecule has 2 aromatic rings. The van der Waals surface area contributed by atoms with Gasteiger partial charge in [0.1, 0.15) is 11.5 Å². The minimum atomic E-state index is -1.20. The van der Waals surface area contributed by atoms with Crippen molar-refractivity contribution in [1.29, 1.82) is 0 Å². The Balaban J connectivity index is 2.31. The predicted molar refractivity (Wildman–Crippen MR) is 87.2 cm³/mol. The van der Waals surface area contributed by atoms with Gasteiger partial charge in [-0.15, -0.1) is 0 Å². The van der Waals surface area contributed by atoms with Crippen molar-refractivity contribution in [2.45, 2.75) is 13.3 Å². The molecule has 0 aliphatic heterocycles. The first kappa shape index (κ1) is 17.8. The van der Waals surface area contributed by atoms with Gasteiger partial charge in [0, 0.05) is 11.3 Å². The van der Waals surface area contributed by atoms with Gasteiger partial charge in [-0.3, -0.25) is 9.59 Å². The Morgan fingerprint density at radius 2 is 1.64 bits per heavy atom. The predicted octanol–water partition coefficient (Wildman–Crippen LogP) is 1.98. The van der Waals surface area contributed by atoms with Crippen molar-refractivity contribution in [2.75, 3.05) is 5.32 Å². The second-order valence-electron chi connectivity index (χ2n) is 5.42. The van der Waals surface area contributed by atoms with E-state index in [1.54, 1.807) is 13.0 Å². The monoisotopic (exact) mass is 345 g/mol. The highest BCUT2D eigenvalue weighted by Crippen LogP contribution is 2.28. The average molecular weight is 345 g/mol. The smallest absolute Gasteiger partial charge is 0.335 e. The Morgan fingerprint density at radius 3 is 2.24 bits per heavy atom. The molecule has 0 aromatic heterocycles. The van der Waals surface area contributed by atoms with Crippen LogP contribution in [0, 0.1) is 6.92 Å². The lowest BCUT2D eigenvalue weighted by Crippen LogP contribution is -2.13. The number of carboxylic acids is 2. The van der Waals surface area contributed by atoms with Gasteiger partial charge in [-0.05, 0) is 42.8 Å². The number of anilines is 1. The number of nitrogens with one attached hydrogen (secondary N) is 1. The molecule has 0 fully saturated rings. The van der Waals surface area contributed by atoms with Gasteiger partial charge < -0.3 is 25.7 Å². The molecular formula is C17H15NO7. The molecule has 0 spiro atoms. The second-order valence-corrected chi connectivity index (χ2v) is 5.42. The number of rotatable bonds is 5. The molecule has 5 N–H and O–H groups in total. The van der Waals surface area contributed by atoms with Crippen LogP contribution in [0.15, 0.2) is 30.3 Å². The first-order chi connectivity index (χ1) is 11.7. The second kappa shape index (κ2) is 6.91. The quantitative estimate of drug-likeness (QED) is 0.521. The molecule has 0 saturated heterocycles. The van der Waals surface area contributed by atoms with E-state index in [0.29, 0.717) is 5.56 Å². The van der Waals surface area contributed by atoms with Crippen molar-refractivity contribution in [1.82, 2.24) is 0 Å². The van der Waals surface area contributed by atoms with Gasteiger partial charge in [-0.25, -0.2) is 4.79 Å². The third-order valence-corrected chi connectivity index (χ3v) is 3.37. The summed E-state index contributed by atoms with van der Waals surface area (Å²) in [4.78, 5) is 34.0. The number of aryl methyl sites for hydroxylation is 1. The van der Waals surface area contributed by atoms with Crippen molar-refractivity contribution in [3.05, 3.63) is 52.6 Å². The summed E-state index contributed by atoms with van der Waals surface area (Å²) in [7, 11) is 0. The van der Waals surface area contributed by atoms with E-state index in [0.717, 1.165) is 12.1 Å². The molecule has 130 valence electrons. The Kier molecular flexibility index (Phi) is 4.92. The summed E-state index contributed by atoms with van der Waals surface area (Å²) in [6.07, 6.45) is -0.513. The number of hydrogen-bond acceptors (Lipinski definition) is 5. The number of carbonyl (C=O) groups excluding carboxylic acids is 1. The maximum atomic E-state index is 12.3. The maximum absolute atomic E-state index is 12.3. The van der Waals surface area contributed by atoms with Gasteiger partial charge in [0.15, 0.2) is 0 Å². The number of hydrogen-bond donors (Lipinski definition) is 5. The molecule has 2 rings (SSSR count). The van der Waals surface area contributed by atoms with E-state index >= 15 is 0 Å². The molecule has 25 heavy (non-hydrogen) atoms. The number of amides is 1. The summed E-state index contributed by atoms with van der Waals surface area (Å²) in [6, 6.07) is 6.18. The summed E-state index contributed by atoms with van der Waals surface area (Å²) >= 11 is 0. The molecule has 0 saturated carbocycles. The molecule has 0 aliphatic carbocycles. The van der Waals surface area contributed by atoms with Gasteiger partial charge in [-0.2, -0.15) is 0 Å². The summed E-state index contributed by atoms with van der Waals surface area (Å²) in [5.74, 6) is -4.08. The van der Waals surface area contributed by atoms with E-state index < -0.39 is 35.8 Å². The largest absolute Gasteiger partial charge is 0.508 e. The molecule has 0 unspecified atom stereocenters. The highest BCUT2D eigenvalue weighted by molar-refractivity contribution is 6.07. The van der Waals surface area contributed by atoms with Crippen LogP contribution in [0.3, 0.4) is 0 Å². The Labute approximate surface area is 142 Å². The van der Waals surface area contributed by atoms with Crippen LogP contribution >= 0.6 is 0 Å². The van der Waals surface area contributed by atoms with Gasteiger partial charge >= 0.3 is 11.9 Å². The summed E-state index contributed by atoms with van der Waals surface area (Å²) in [5.41, 5.74) is 0.490. The van der Waals surface area contributed by atoms with Crippen LogP contribution in [0.1, 0.15) is 31.8 Å². The van der Waals surface area contributed by atoms with Crippen molar-refractivity contribution in [3.8, 4) is 11.5 Å². The zero-order valence-electron chi connectivity index (χ0n) is 13.1. The van der Waals surface area contributed by atoms with Crippen molar-refractivity contribution >= 4 is 23.5 Å². The third kappa shape index (κ3) is 4.25. The summed E-state index contributed by atoms with van der Waals surface area (Å²) in [5, 5.41) is 39.9. The topological polar surface area (TPSA) is 144 Å². The fraction of sp³-hybridized carbons (Fsp3) is 0.118. The minimum Gasteiger partial charge on any atom is -0.508 e. The van der Waals surface area contributed by atoms with E-state index in [1.165, 1.54) is 12.1 Å². The summed E-state index contributed by atoms with van der Waals surface area (Å²) in [6.45, 7) is 1.66. The number of carboxylic acid groups (broad SMARTS) is 2. The Morgan fingerprint density at radius 1 is 0.960 bits per heavy atom. The Bertz CT molecular complexity index is 874. The van der Waals surface area contributed by atoms with E-state index in [9.17, 15) is 24.6 Å². The Hall–Kier alpha value is -3.55. The number of aromatic carboxylic acids is 1. The number of carbonyl (C=O) groups is 3. The minimum absolute atomic E-state index is 0.0147. The molecule has 2 aromatic carbocycles. The van der Waals surface area contributed by atoms with E-state index in [2.05, 4.69) is 5.32 Å². The molecule has 8 nitrogen and oxygen atoms in total. The van der Waals surface area contributed by atoms with Crippen LogP contribution in [-0.2, 0) is 11.2 Å². The van der Waals surface area contributed by atoms with Crippen LogP contribution in [0.5, 0.6) is 11.5 Å². The lowest BCUT2D eigenvalue weighted by Gasteiger charge is -2.11. The van der Waals surface area contributed by atoms with Gasteiger partial charge in [0.2, 0.25) is 0 Å². The van der Waals surface area contributed by atoms with E-state index in [4.69, 9.17) is 10.2 Å². The molecule has 0 aliphatic rings. The van der Waals surface area contributed by atoms with E-state index in [-0.39, 0.29) is 22.4 Å². The van der Waals surface area contributed by atoms with Crippen molar-refractivity contribution in [3.63, 3.8) is 0 Å². The van der Waals surface area contributed by atoms with Crippen LogP contribution in [0.25, 0.3) is 0 Å². The number of aliphatic carboxylic acids is 1. The zero-order chi connectivity index (χ0) is 18.7. The van der Waals surface area contributed by atoms with Crippen LogP contribution in [0.2, 0.25) is 0 Å². The maximum Gasteiger partial charge on any atom is 0.335 e. The first-order valence-corrected chi connectivity index (χ1v) is 7.10. The van der Waals surface area contributed by atoms with Crippen LogP contribution < -0.4 is 5.32 Å². The number of phenolic OH excluding ortho intramolecular Hbond substituents is 2. The highest BCUT2D eigenvalue weighted by atomic mass is 16.4. The van der Waals surface area contributed by atoms with E-state index in [1.807, 2.05) is 0 Å². The first-order valence-electron chi connectivity index (χ1n) is 7.10. The molecule has 0 radical (unpaired) electrons. The summed E-state index contributed by atoms with van der Waals surface area (Å²) < 4.78 is 0. The lowest BCUT2D eigenvalue weighted by atomic mass is 10.1. The SMILES string of the molecule is Cc1cc(NC(=O)c2cc(O)c(CC(=O)O)cc2O)cc(C(=O)O)c1. The van der Waals surface area contributed by atoms with Crippen LogP contribution in [0.4, 0.5) is 5.69 Å². The molecule has 8 heteroatoms. The molecule has 0 atom stereocenters. The van der Waals surface area contributed by atoms with Gasteiger partial charge in [-0.1, -0.05) is 0 Å². The fourth-order valence-corrected chi connectivity index (χ4v) is 2.28. The molecule has 1 amide bonds. The molecule has 0 heterocycles. The fourth-order valence-electron chi connectivity index (χ4n) is 2.28. The van der Waals surface area contributed by atoms with Crippen molar-refractivity contribution in [2.24, 2.45) is 0 Å². The lowest BCUT2D eigenvalue weighted by molar-refractivity contribution is -0.136. The highest BCUT2D eigenvalue weighted by Gasteiger charge is 2.17. The number of aromatic hydroxyl groups is 2. The number of phenols is 2. The van der Waals surface area contributed by atoms with Crippen LogP contribution in [-0.4, -0.2) is 38.3 Å². The van der Waals surface area contributed by atoms with Gasteiger partial charge in [0.25, 0.3) is 5.91 Å². The number of benzene rings is 2. The molecular weight excluding hydrogens is 330 g/mol. The average Bonchev–Trinajstić information content (AvgIpc) is 2.49. The third-order valence-electron chi connectivity index (χ3n) is 3.37.